The number of piperidine rings is 1. The molecule has 1 aromatic carbocycles. The van der Waals surface area contributed by atoms with Crippen molar-refractivity contribution < 1.29 is 9.53 Å². The van der Waals surface area contributed by atoms with Crippen molar-refractivity contribution in [2.24, 2.45) is 5.84 Å². The van der Waals surface area contributed by atoms with Crippen molar-refractivity contribution in [3.63, 3.8) is 0 Å². The molecule has 0 bridgehead atoms. The van der Waals surface area contributed by atoms with Crippen LogP contribution >= 0.6 is 15.9 Å². The molecule has 5 nitrogen and oxygen atoms in total. The lowest BCUT2D eigenvalue weighted by molar-refractivity contribution is 0.00358. The highest BCUT2D eigenvalue weighted by Crippen LogP contribution is 2.22. The lowest BCUT2D eigenvalue weighted by Gasteiger charge is -2.32. The van der Waals surface area contributed by atoms with Crippen LogP contribution in [0.2, 0.25) is 0 Å². The molecular weight excluding hydrogens is 334 g/mol. The molecule has 0 aliphatic carbocycles. The molecule has 0 radical (unpaired) electrons. The fourth-order valence-corrected chi connectivity index (χ4v) is 3.17. The number of amides is 1. The van der Waals surface area contributed by atoms with Gasteiger partial charge in [0.25, 0.3) is 5.91 Å². The Bertz CT molecular complexity index is 494. The second-order valence-electron chi connectivity index (χ2n) is 5.23. The third-order valence-corrected chi connectivity index (χ3v) is 4.44. The van der Waals surface area contributed by atoms with E-state index in [0.29, 0.717) is 11.7 Å². The highest BCUT2D eigenvalue weighted by molar-refractivity contribution is 9.10. The lowest BCUT2D eigenvalue weighted by atomic mass is 10.1. The number of benzene rings is 1. The maximum absolute atomic E-state index is 11.5. The van der Waals surface area contributed by atoms with Crippen LogP contribution in [0.15, 0.2) is 22.7 Å². The molecule has 1 saturated heterocycles. The number of likely N-dealkylation sites (tertiary alicyclic amines) is 1. The Morgan fingerprint density at radius 2 is 2.38 bits per heavy atom. The van der Waals surface area contributed by atoms with Gasteiger partial charge < -0.3 is 4.74 Å². The average molecular weight is 356 g/mol. The summed E-state index contributed by atoms with van der Waals surface area (Å²) < 4.78 is 6.66. The van der Waals surface area contributed by atoms with Gasteiger partial charge in [0.05, 0.1) is 6.10 Å². The zero-order valence-electron chi connectivity index (χ0n) is 12.3. The van der Waals surface area contributed by atoms with Crippen LogP contribution in [0.25, 0.3) is 0 Å². The van der Waals surface area contributed by atoms with Crippen LogP contribution in [0, 0.1) is 0 Å². The van der Waals surface area contributed by atoms with Gasteiger partial charge in [-0.15, -0.1) is 0 Å². The summed E-state index contributed by atoms with van der Waals surface area (Å²) in [5.41, 5.74) is 3.86. The summed E-state index contributed by atoms with van der Waals surface area (Å²) >= 11 is 3.54. The summed E-state index contributed by atoms with van der Waals surface area (Å²) in [7, 11) is 0. The smallest absolute Gasteiger partial charge is 0.265 e. The number of hydrogen-bond acceptors (Lipinski definition) is 4. The van der Waals surface area contributed by atoms with E-state index in [-0.39, 0.29) is 5.91 Å². The quantitative estimate of drug-likeness (QED) is 0.481. The van der Waals surface area contributed by atoms with E-state index in [2.05, 4.69) is 26.3 Å². The van der Waals surface area contributed by atoms with Gasteiger partial charge in [-0.25, -0.2) is 5.84 Å². The molecule has 1 atom stereocenters. The van der Waals surface area contributed by atoms with Crippen LogP contribution in [0.5, 0.6) is 0 Å². The number of ether oxygens (including phenoxy) is 1. The molecule has 1 amide bonds. The molecule has 0 spiro atoms. The van der Waals surface area contributed by atoms with E-state index >= 15 is 0 Å². The van der Waals surface area contributed by atoms with E-state index in [1.165, 1.54) is 5.56 Å². The van der Waals surface area contributed by atoms with Crippen LogP contribution in [0.1, 0.15) is 35.7 Å². The molecule has 1 unspecified atom stereocenters. The van der Waals surface area contributed by atoms with Crippen LogP contribution in [0.4, 0.5) is 0 Å². The molecule has 0 saturated carbocycles. The van der Waals surface area contributed by atoms with Crippen molar-refractivity contribution in [1.82, 2.24) is 10.3 Å². The minimum atomic E-state index is -0.281. The molecule has 1 aliphatic rings. The molecule has 2 rings (SSSR count). The van der Waals surface area contributed by atoms with Crippen molar-refractivity contribution in [3.05, 3.63) is 33.8 Å². The Kier molecular flexibility index (Phi) is 6.17. The predicted octanol–water partition coefficient (Wildman–Crippen LogP) is 2.05. The SMILES string of the molecule is CCOC1CCCN(Cc2ccc(C(=O)NN)cc2Br)C1. The van der Waals surface area contributed by atoms with Crippen molar-refractivity contribution >= 4 is 21.8 Å². The van der Waals surface area contributed by atoms with Gasteiger partial charge in [-0.3, -0.25) is 15.1 Å². The van der Waals surface area contributed by atoms with E-state index in [4.69, 9.17) is 10.6 Å². The number of nitrogens with two attached hydrogens (primary N) is 1. The summed E-state index contributed by atoms with van der Waals surface area (Å²) in [6, 6.07) is 5.58. The van der Waals surface area contributed by atoms with Gasteiger partial charge in [0, 0.05) is 29.7 Å². The maximum Gasteiger partial charge on any atom is 0.265 e. The molecular formula is C15H22BrN3O2. The molecule has 1 aromatic rings. The second-order valence-corrected chi connectivity index (χ2v) is 6.09. The largest absolute Gasteiger partial charge is 0.377 e. The molecule has 21 heavy (non-hydrogen) atoms. The zero-order chi connectivity index (χ0) is 15.2. The minimum absolute atomic E-state index is 0.281. The van der Waals surface area contributed by atoms with Crippen LogP contribution in [-0.2, 0) is 11.3 Å². The van der Waals surface area contributed by atoms with Gasteiger partial charge >= 0.3 is 0 Å². The summed E-state index contributed by atoms with van der Waals surface area (Å²) in [4.78, 5) is 13.9. The molecule has 0 aromatic heterocycles. The maximum atomic E-state index is 11.5. The van der Waals surface area contributed by atoms with Crippen LogP contribution in [0.3, 0.4) is 0 Å². The Balaban J connectivity index is 2.00. The zero-order valence-corrected chi connectivity index (χ0v) is 13.9. The number of hydrogen-bond donors (Lipinski definition) is 2. The summed E-state index contributed by atoms with van der Waals surface area (Å²) in [6.07, 6.45) is 2.64. The van der Waals surface area contributed by atoms with E-state index in [1.54, 1.807) is 6.07 Å². The summed E-state index contributed by atoms with van der Waals surface area (Å²) in [5, 5.41) is 0. The van der Waals surface area contributed by atoms with Gasteiger partial charge in [-0.1, -0.05) is 22.0 Å². The van der Waals surface area contributed by atoms with Crippen molar-refractivity contribution in [2.45, 2.75) is 32.4 Å². The number of carbonyl (C=O) groups excluding carboxylic acids is 1. The molecule has 1 heterocycles. The molecule has 1 fully saturated rings. The monoisotopic (exact) mass is 355 g/mol. The fraction of sp³-hybridized carbons (Fsp3) is 0.533. The van der Waals surface area contributed by atoms with Gasteiger partial charge in [0.2, 0.25) is 0 Å². The molecule has 6 heteroatoms. The van der Waals surface area contributed by atoms with Crippen molar-refractivity contribution in [1.29, 1.82) is 0 Å². The van der Waals surface area contributed by atoms with Crippen LogP contribution < -0.4 is 11.3 Å². The third kappa shape index (κ3) is 4.51. The van der Waals surface area contributed by atoms with Gasteiger partial charge in [-0.05, 0) is 44.0 Å². The predicted molar refractivity (Wildman–Crippen MR) is 85.7 cm³/mol. The first-order chi connectivity index (χ1) is 10.1. The average Bonchev–Trinajstić information content (AvgIpc) is 2.49. The fourth-order valence-electron chi connectivity index (χ4n) is 2.67. The van der Waals surface area contributed by atoms with E-state index in [1.807, 2.05) is 19.1 Å². The Labute approximate surface area is 133 Å². The number of nitrogens with zero attached hydrogens (tertiary/aromatic N) is 1. The highest BCUT2D eigenvalue weighted by atomic mass is 79.9. The Hall–Kier alpha value is -0.950. The summed E-state index contributed by atoms with van der Waals surface area (Å²) in [6.45, 7) is 5.71. The first-order valence-corrected chi connectivity index (χ1v) is 8.06. The van der Waals surface area contributed by atoms with Crippen molar-refractivity contribution in [2.75, 3.05) is 19.7 Å². The summed E-state index contributed by atoms with van der Waals surface area (Å²) in [5.74, 6) is 4.87. The van der Waals surface area contributed by atoms with E-state index in [0.717, 1.165) is 43.6 Å². The minimum Gasteiger partial charge on any atom is -0.377 e. The molecule has 116 valence electrons. The number of halogens is 1. The lowest BCUT2D eigenvalue weighted by Crippen LogP contribution is -2.39. The van der Waals surface area contributed by atoms with E-state index in [9.17, 15) is 4.79 Å². The number of hydrazine groups is 1. The Morgan fingerprint density at radius 3 is 3.05 bits per heavy atom. The normalized spacial score (nSPS) is 19.5. The number of nitrogens with one attached hydrogen (secondary N) is 1. The number of carbonyl (C=O) groups is 1. The topological polar surface area (TPSA) is 67.6 Å². The third-order valence-electron chi connectivity index (χ3n) is 3.70. The highest BCUT2D eigenvalue weighted by Gasteiger charge is 2.20. The van der Waals surface area contributed by atoms with Gasteiger partial charge in [0.1, 0.15) is 0 Å². The molecule has 1 aliphatic heterocycles. The van der Waals surface area contributed by atoms with E-state index < -0.39 is 0 Å². The van der Waals surface area contributed by atoms with Crippen LogP contribution in [-0.4, -0.2) is 36.6 Å². The van der Waals surface area contributed by atoms with Gasteiger partial charge in [-0.2, -0.15) is 0 Å². The number of nitrogen functional groups attached to an aromatic ring is 1. The molecule has 3 N–H and O–H groups in total. The van der Waals surface area contributed by atoms with Crippen molar-refractivity contribution in [3.8, 4) is 0 Å². The Morgan fingerprint density at radius 1 is 1.57 bits per heavy atom. The number of rotatable bonds is 5. The standard InChI is InChI=1S/C15H22BrN3O2/c1-2-21-13-4-3-7-19(10-13)9-12-6-5-11(8-14(12)16)15(20)18-17/h5-6,8,13H,2-4,7,9-10,17H2,1H3,(H,18,20). The van der Waals surface area contributed by atoms with Gasteiger partial charge in [0.15, 0.2) is 0 Å². The first-order valence-electron chi connectivity index (χ1n) is 7.27. The first kappa shape index (κ1) is 16.4. The second kappa shape index (κ2) is 7.89.